The zero-order valence-corrected chi connectivity index (χ0v) is 35.0. The first kappa shape index (κ1) is 55.1. The second-order valence-electron chi connectivity index (χ2n) is 17.0. The predicted molar refractivity (Wildman–Crippen MR) is 199 cm³/mol. The van der Waals surface area contributed by atoms with Gasteiger partial charge in [0, 0.05) is 0 Å². The van der Waals surface area contributed by atoms with Gasteiger partial charge in [-0.15, -0.1) is 0 Å². The minimum Gasteiger partial charge on any atom is -0.394 e. The molecule has 1 unspecified atom stereocenters. The maximum atomic E-state index is 10.7. The van der Waals surface area contributed by atoms with Gasteiger partial charge in [0.15, 0.2) is 37.7 Å². The zero-order chi connectivity index (χ0) is 49.3. The molecule has 20 N–H and O–H groups in total. The van der Waals surface area contributed by atoms with Crippen LogP contribution in [0.5, 0.6) is 0 Å². The SMILES string of the molecule is OC[C@H]1O[C@H](OC[C@H]2O[C@H](OC[C@H]3O[C@H](OC[C@H]4O[C@H](OC[C@H]5O[C@H](OC[C@H]6OC(O)[C@H](O)[C@@H](O)[C@@H]6O)[C@H](O)[C@@H](O)[C@H]5O)[C@H](O)[C@@H](O)[C@H]4O)[C@H](O)[C@@H](O)[C@H]3O)[C@H](O)[C@@H](O)[C@H]2O)[C@H](O)[C@@H](O)[C@H]1O. The van der Waals surface area contributed by atoms with Gasteiger partial charge < -0.3 is 154 Å². The second-order valence-corrected chi connectivity index (χ2v) is 17.0. The van der Waals surface area contributed by atoms with Crippen LogP contribution in [0, 0.1) is 0 Å². The number of ether oxygens (including phenoxy) is 11. The molecule has 6 rings (SSSR count). The molecule has 0 aromatic heterocycles. The normalized spacial score (nSPS) is 53.4. The summed E-state index contributed by atoms with van der Waals surface area (Å²) in [5.41, 5.74) is 0. The van der Waals surface area contributed by atoms with Crippen LogP contribution in [0.25, 0.3) is 0 Å². The third kappa shape index (κ3) is 12.0. The van der Waals surface area contributed by atoms with Crippen molar-refractivity contribution in [1.29, 1.82) is 0 Å². The fourth-order valence-electron chi connectivity index (χ4n) is 7.99. The van der Waals surface area contributed by atoms with E-state index in [-0.39, 0.29) is 0 Å². The van der Waals surface area contributed by atoms with E-state index in [9.17, 15) is 102 Å². The van der Waals surface area contributed by atoms with Gasteiger partial charge in [-0.25, -0.2) is 0 Å². The number of aliphatic hydroxyl groups is 20. The lowest BCUT2D eigenvalue weighted by molar-refractivity contribution is -0.352. The summed E-state index contributed by atoms with van der Waals surface area (Å²) in [7, 11) is 0. The van der Waals surface area contributed by atoms with Crippen molar-refractivity contribution in [1.82, 2.24) is 0 Å². The largest absolute Gasteiger partial charge is 0.394 e. The molecule has 0 spiro atoms. The number of hydrogen-bond donors (Lipinski definition) is 20. The Hall–Kier alpha value is -1.24. The van der Waals surface area contributed by atoms with Crippen molar-refractivity contribution < 1.29 is 154 Å². The molecule has 0 radical (unpaired) electrons. The maximum absolute atomic E-state index is 10.7. The van der Waals surface area contributed by atoms with Crippen molar-refractivity contribution in [2.24, 2.45) is 0 Å². The second kappa shape index (κ2) is 23.5. The highest BCUT2D eigenvalue weighted by molar-refractivity contribution is 4.96. The van der Waals surface area contributed by atoms with E-state index in [2.05, 4.69) is 0 Å². The Bertz CT molecular complexity index is 1510. The van der Waals surface area contributed by atoms with Gasteiger partial charge in [-0.1, -0.05) is 0 Å². The van der Waals surface area contributed by atoms with Crippen LogP contribution in [-0.4, -0.2) is 326 Å². The van der Waals surface area contributed by atoms with Crippen LogP contribution < -0.4 is 0 Å². The summed E-state index contributed by atoms with van der Waals surface area (Å²) in [6.45, 7) is -4.51. The number of rotatable bonds is 16. The highest BCUT2D eigenvalue weighted by atomic mass is 16.8. The minimum atomic E-state index is -2.01. The van der Waals surface area contributed by atoms with Crippen LogP contribution in [0.15, 0.2) is 0 Å². The van der Waals surface area contributed by atoms with Crippen molar-refractivity contribution in [3.8, 4) is 0 Å². The highest BCUT2D eigenvalue weighted by Crippen LogP contribution is 2.31. The van der Waals surface area contributed by atoms with E-state index in [1.54, 1.807) is 0 Å². The summed E-state index contributed by atoms with van der Waals surface area (Å²) in [5, 5.41) is 206. The van der Waals surface area contributed by atoms with Gasteiger partial charge in [0.1, 0.15) is 146 Å². The molecule has 6 fully saturated rings. The quantitative estimate of drug-likeness (QED) is 0.0683. The molecule has 0 amide bonds. The summed E-state index contributed by atoms with van der Waals surface area (Å²) in [6, 6.07) is 0. The summed E-state index contributed by atoms with van der Waals surface area (Å²) < 4.78 is 59.7. The van der Waals surface area contributed by atoms with Gasteiger partial charge >= 0.3 is 0 Å². The van der Waals surface area contributed by atoms with Crippen LogP contribution in [0.4, 0.5) is 0 Å². The van der Waals surface area contributed by atoms with Gasteiger partial charge in [0.2, 0.25) is 0 Å². The third-order valence-electron chi connectivity index (χ3n) is 12.3. The molecule has 31 nitrogen and oxygen atoms in total. The van der Waals surface area contributed by atoms with Crippen molar-refractivity contribution in [2.75, 3.05) is 39.6 Å². The Balaban J connectivity index is 1.01. The van der Waals surface area contributed by atoms with Gasteiger partial charge in [0.25, 0.3) is 0 Å². The number of hydrogen-bond acceptors (Lipinski definition) is 31. The Labute approximate surface area is 378 Å². The van der Waals surface area contributed by atoms with Crippen molar-refractivity contribution in [2.45, 2.75) is 184 Å². The average molecular weight is 991 g/mol. The van der Waals surface area contributed by atoms with Crippen LogP contribution in [0.3, 0.4) is 0 Å². The molecule has 0 aliphatic carbocycles. The average Bonchev–Trinajstić information content (AvgIpc) is 3.31. The molecular formula is C36H62O31. The molecule has 30 atom stereocenters. The molecule has 0 aromatic rings. The van der Waals surface area contributed by atoms with Crippen LogP contribution in [0.2, 0.25) is 0 Å². The van der Waals surface area contributed by atoms with E-state index in [0.717, 1.165) is 0 Å². The smallest absolute Gasteiger partial charge is 0.186 e. The van der Waals surface area contributed by atoms with E-state index < -0.39 is 224 Å². The van der Waals surface area contributed by atoms with Gasteiger partial charge in [-0.2, -0.15) is 0 Å². The van der Waals surface area contributed by atoms with E-state index in [1.165, 1.54) is 0 Å². The summed E-state index contributed by atoms with van der Waals surface area (Å²) in [4.78, 5) is 0. The van der Waals surface area contributed by atoms with E-state index in [1.807, 2.05) is 0 Å². The van der Waals surface area contributed by atoms with Crippen LogP contribution in [-0.2, 0) is 52.1 Å². The van der Waals surface area contributed by atoms with E-state index in [4.69, 9.17) is 52.1 Å². The summed E-state index contributed by atoms with van der Waals surface area (Å²) in [6.07, 6.45) is -54.2. The summed E-state index contributed by atoms with van der Waals surface area (Å²) in [5.74, 6) is 0. The lowest BCUT2D eigenvalue weighted by Crippen LogP contribution is -2.63. The van der Waals surface area contributed by atoms with Crippen molar-refractivity contribution in [3.05, 3.63) is 0 Å². The van der Waals surface area contributed by atoms with Crippen molar-refractivity contribution in [3.63, 3.8) is 0 Å². The van der Waals surface area contributed by atoms with E-state index >= 15 is 0 Å². The first-order valence-electron chi connectivity index (χ1n) is 21.1. The lowest BCUT2D eigenvalue weighted by Gasteiger charge is -2.44. The fraction of sp³-hybridized carbons (Fsp3) is 1.00. The first-order valence-corrected chi connectivity index (χ1v) is 21.1. The predicted octanol–water partition coefficient (Wildman–Crippen LogP) is -14.1. The van der Waals surface area contributed by atoms with Crippen molar-refractivity contribution >= 4 is 0 Å². The van der Waals surface area contributed by atoms with Gasteiger partial charge in [-0.3, -0.25) is 0 Å². The highest BCUT2D eigenvalue weighted by Gasteiger charge is 2.52. The van der Waals surface area contributed by atoms with Crippen LogP contribution >= 0.6 is 0 Å². The van der Waals surface area contributed by atoms with Crippen LogP contribution in [0.1, 0.15) is 0 Å². The topological polar surface area (TPSA) is 506 Å². The van der Waals surface area contributed by atoms with Gasteiger partial charge in [-0.05, 0) is 0 Å². The Morgan fingerprint density at radius 2 is 0.418 bits per heavy atom. The molecule has 0 aromatic carbocycles. The van der Waals surface area contributed by atoms with Gasteiger partial charge in [0.05, 0.1) is 39.6 Å². The Morgan fingerprint density at radius 3 is 0.657 bits per heavy atom. The molecule has 6 heterocycles. The molecule has 6 aliphatic rings. The molecule has 6 aliphatic heterocycles. The molecule has 67 heavy (non-hydrogen) atoms. The Kier molecular flexibility index (Phi) is 19.4. The Morgan fingerprint density at radius 1 is 0.224 bits per heavy atom. The standard InChI is InChI=1S/C36H62O31/c37-1-7-13(38)20(45)26(51)32(63-7)58-3-9-15(40)22(47)28(53)34(65-9)60-5-11-17(42)24(49)30(55)36(67-11)61-6-12-18(43)23(48)29(54)35(66-12)59-4-10-16(41)21(46)27(52)33(64-10)57-2-8-14(39)19(44)25(50)31(56)62-8/h7-56H,1-6H2/t7-,8-,9-,10-,11-,12-,13+,14-,15+,16+,17+,18+,19+,20+,21+,22+,23+,24+,25-,26-,27-,28-,29-,30-,31?,32+,33+,34+,35+,36+/m1/s1. The minimum absolute atomic E-state index is 0.692. The molecule has 392 valence electrons. The fourth-order valence-corrected chi connectivity index (χ4v) is 7.99. The van der Waals surface area contributed by atoms with E-state index in [0.29, 0.717) is 0 Å². The molecule has 31 heteroatoms. The lowest BCUT2D eigenvalue weighted by atomic mass is 9.97. The molecule has 0 bridgehead atoms. The number of aliphatic hydroxyl groups excluding tert-OH is 20. The molecule has 0 saturated carbocycles. The zero-order valence-electron chi connectivity index (χ0n) is 35.0. The molecule has 6 saturated heterocycles. The molecular weight excluding hydrogens is 928 g/mol. The maximum Gasteiger partial charge on any atom is 0.186 e. The summed E-state index contributed by atoms with van der Waals surface area (Å²) >= 11 is 0. The third-order valence-corrected chi connectivity index (χ3v) is 12.3. The first-order chi connectivity index (χ1) is 31.6. The monoisotopic (exact) mass is 990 g/mol.